The highest BCUT2D eigenvalue weighted by Crippen LogP contribution is 2.12. The van der Waals surface area contributed by atoms with Crippen LogP contribution < -0.4 is 12.4 Å². The van der Waals surface area contributed by atoms with Gasteiger partial charge >= 0.3 is 5.97 Å². The first kappa shape index (κ1) is 10.1. The van der Waals surface area contributed by atoms with Gasteiger partial charge in [-0.2, -0.15) is 0 Å². The van der Waals surface area contributed by atoms with Crippen LogP contribution in [0.3, 0.4) is 0 Å². The fourth-order valence-electron chi connectivity index (χ4n) is 1.03. The van der Waals surface area contributed by atoms with Crippen molar-refractivity contribution >= 4 is 16.9 Å². The fraction of sp³-hybridized carbons (Fsp3) is 0.833. The third kappa shape index (κ3) is 3.32. The van der Waals surface area contributed by atoms with Crippen LogP contribution in [0.15, 0.2) is 0 Å². The minimum atomic E-state index is -0.625. The van der Waals surface area contributed by atoms with Gasteiger partial charge in [-0.25, -0.2) is 4.79 Å². The molecule has 0 saturated carbocycles. The number of hydrogen-bond donors (Lipinski definition) is 1. The Labute approximate surface area is 69.8 Å². The van der Waals surface area contributed by atoms with Crippen LogP contribution in [0.1, 0.15) is 12.8 Å². The third-order valence-electron chi connectivity index (χ3n) is 1.44. The molecule has 4 heteroatoms. The van der Waals surface area contributed by atoms with E-state index in [0.717, 1.165) is 11.5 Å². The van der Waals surface area contributed by atoms with Crippen LogP contribution in [0.5, 0.6) is 0 Å². The topological polar surface area (TPSA) is 37.3 Å². The smallest absolute Gasteiger partial charge is 0.353 e. The second kappa shape index (κ2) is 4.85. The number of halogens is 1. The third-order valence-corrected chi connectivity index (χ3v) is 3.83. The Morgan fingerprint density at radius 1 is 1.40 bits per heavy atom. The zero-order chi connectivity index (χ0) is 6.69. The molecule has 1 fully saturated rings. The van der Waals surface area contributed by atoms with Crippen LogP contribution >= 0.6 is 0 Å². The zero-order valence-corrected chi connectivity index (χ0v) is 7.25. The first-order valence-electron chi connectivity index (χ1n) is 3.15. The lowest BCUT2D eigenvalue weighted by Gasteiger charge is -1.92. The predicted molar refractivity (Wildman–Crippen MR) is 38.8 cm³/mol. The van der Waals surface area contributed by atoms with Crippen molar-refractivity contribution in [2.75, 3.05) is 17.3 Å². The molecule has 2 nitrogen and oxygen atoms in total. The van der Waals surface area contributed by atoms with Gasteiger partial charge in [0.25, 0.3) is 0 Å². The fourth-order valence-corrected chi connectivity index (χ4v) is 3.10. The maximum atomic E-state index is 10.2. The summed E-state index contributed by atoms with van der Waals surface area (Å²) in [4.78, 5) is 10.2. The first-order chi connectivity index (χ1) is 4.29. The highest BCUT2D eigenvalue weighted by molar-refractivity contribution is 7.97. The number of rotatable bonds is 2. The van der Waals surface area contributed by atoms with Crippen molar-refractivity contribution < 1.29 is 22.3 Å². The highest BCUT2D eigenvalue weighted by atomic mass is 35.5. The van der Waals surface area contributed by atoms with E-state index in [0.29, 0.717) is 5.75 Å². The van der Waals surface area contributed by atoms with Crippen LogP contribution in [0, 0.1) is 0 Å². The molecule has 0 atom stereocenters. The lowest BCUT2D eigenvalue weighted by atomic mass is 10.4. The van der Waals surface area contributed by atoms with E-state index in [1.165, 1.54) is 12.8 Å². The molecule has 0 spiro atoms. The lowest BCUT2D eigenvalue weighted by Crippen LogP contribution is -3.00. The summed E-state index contributed by atoms with van der Waals surface area (Å²) in [5.41, 5.74) is 0. The molecular weight excluding hydrogens is 172 g/mol. The molecule has 0 aliphatic carbocycles. The summed E-state index contributed by atoms with van der Waals surface area (Å²) in [5, 5.41) is 8.38. The van der Waals surface area contributed by atoms with Crippen LogP contribution in [0.2, 0.25) is 0 Å². The molecule has 1 heterocycles. The van der Waals surface area contributed by atoms with Gasteiger partial charge in [-0.3, -0.25) is 0 Å². The first-order valence-corrected chi connectivity index (χ1v) is 4.88. The number of carbonyl (C=O) groups is 1. The zero-order valence-electron chi connectivity index (χ0n) is 5.68. The van der Waals surface area contributed by atoms with Crippen molar-refractivity contribution in [3.05, 3.63) is 0 Å². The molecule has 0 radical (unpaired) electrons. The van der Waals surface area contributed by atoms with E-state index < -0.39 is 5.97 Å². The summed E-state index contributed by atoms with van der Waals surface area (Å²) >= 11 is 0. The molecule has 1 aliphatic rings. The summed E-state index contributed by atoms with van der Waals surface area (Å²) in [6.45, 7) is 0. The maximum absolute atomic E-state index is 10.2. The summed E-state index contributed by atoms with van der Waals surface area (Å²) in [6.07, 6.45) is 2.49. The second-order valence-corrected chi connectivity index (χ2v) is 4.60. The highest BCUT2D eigenvalue weighted by Gasteiger charge is 2.26. The second-order valence-electron chi connectivity index (χ2n) is 2.27. The summed E-state index contributed by atoms with van der Waals surface area (Å²) < 4.78 is 0. The van der Waals surface area contributed by atoms with Gasteiger partial charge in [0.2, 0.25) is 5.75 Å². The average molecular weight is 183 g/mol. The quantitative estimate of drug-likeness (QED) is 0.479. The lowest BCUT2D eigenvalue weighted by molar-refractivity contribution is -0.133. The molecule has 0 aromatic heterocycles. The van der Waals surface area contributed by atoms with Crippen LogP contribution in [0.25, 0.3) is 0 Å². The maximum Gasteiger partial charge on any atom is 0.353 e. The van der Waals surface area contributed by atoms with E-state index in [2.05, 4.69) is 0 Å². The Bertz CT molecular complexity index is 112. The van der Waals surface area contributed by atoms with E-state index in [1.807, 2.05) is 0 Å². The van der Waals surface area contributed by atoms with Crippen LogP contribution in [-0.2, 0) is 15.7 Å². The van der Waals surface area contributed by atoms with E-state index in [9.17, 15) is 4.79 Å². The number of carboxylic acid groups (broad SMARTS) is 1. The van der Waals surface area contributed by atoms with E-state index in [4.69, 9.17) is 5.11 Å². The normalized spacial score (nSPS) is 18.4. The van der Waals surface area contributed by atoms with Gasteiger partial charge in [-0.05, 0) is 23.7 Å². The Kier molecular flexibility index (Phi) is 4.91. The van der Waals surface area contributed by atoms with Gasteiger partial charge in [-0.1, -0.05) is 0 Å². The number of carboxylic acids is 1. The van der Waals surface area contributed by atoms with E-state index in [1.54, 1.807) is 0 Å². The molecule has 0 amide bonds. The van der Waals surface area contributed by atoms with Crippen molar-refractivity contribution in [2.24, 2.45) is 0 Å². The minimum absolute atomic E-state index is 0. The number of aliphatic carboxylic acids is 1. The van der Waals surface area contributed by atoms with Gasteiger partial charge in [0.15, 0.2) is 0 Å². The van der Waals surface area contributed by atoms with Gasteiger partial charge in [0.05, 0.1) is 0 Å². The number of hydrogen-bond acceptors (Lipinski definition) is 1. The molecule has 1 saturated heterocycles. The van der Waals surface area contributed by atoms with Gasteiger partial charge in [0, 0.05) is 0 Å². The Balaban J connectivity index is 0.000000810. The molecule has 0 unspecified atom stereocenters. The summed E-state index contributed by atoms with van der Waals surface area (Å²) in [5.74, 6) is 2.11. The molecule has 60 valence electrons. The Morgan fingerprint density at radius 2 is 1.90 bits per heavy atom. The molecule has 10 heavy (non-hydrogen) atoms. The van der Waals surface area contributed by atoms with Crippen molar-refractivity contribution in [3.63, 3.8) is 0 Å². The molecule has 0 aromatic carbocycles. The van der Waals surface area contributed by atoms with Gasteiger partial charge in [0.1, 0.15) is 11.5 Å². The van der Waals surface area contributed by atoms with Gasteiger partial charge < -0.3 is 17.5 Å². The standard InChI is InChI=1S/C6H10O2S.ClH/c7-6(8)5-9-3-1-2-4-9;/h1-5H2;1H. The SMILES string of the molecule is O=C(O)C[S+]1CCCC1.[Cl-]. The summed E-state index contributed by atoms with van der Waals surface area (Å²) in [6, 6.07) is 0. The molecule has 0 bridgehead atoms. The largest absolute Gasteiger partial charge is 1.00 e. The van der Waals surface area contributed by atoms with Crippen LogP contribution in [0.4, 0.5) is 0 Å². The van der Waals surface area contributed by atoms with Gasteiger partial charge in [-0.15, -0.1) is 0 Å². The molecule has 0 aromatic rings. The van der Waals surface area contributed by atoms with Crippen molar-refractivity contribution in [1.82, 2.24) is 0 Å². The monoisotopic (exact) mass is 182 g/mol. The Morgan fingerprint density at radius 3 is 2.30 bits per heavy atom. The average Bonchev–Trinajstić information content (AvgIpc) is 2.15. The van der Waals surface area contributed by atoms with E-state index in [-0.39, 0.29) is 23.3 Å². The van der Waals surface area contributed by atoms with Crippen molar-refractivity contribution in [3.8, 4) is 0 Å². The van der Waals surface area contributed by atoms with Crippen molar-refractivity contribution in [2.45, 2.75) is 12.8 Å². The summed E-state index contributed by atoms with van der Waals surface area (Å²) in [7, 11) is 0.243. The molecular formula is C6H11ClO2S. The minimum Gasteiger partial charge on any atom is -1.00 e. The molecule has 1 aliphatic heterocycles. The molecule has 1 N–H and O–H groups in total. The Hall–Kier alpha value is 0.110. The van der Waals surface area contributed by atoms with Crippen LogP contribution in [-0.4, -0.2) is 28.3 Å². The van der Waals surface area contributed by atoms with E-state index >= 15 is 0 Å². The molecule has 1 rings (SSSR count). The van der Waals surface area contributed by atoms with Crippen molar-refractivity contribution in [1.29, 1.82) is 0 Å². The predicted octanol–water partition coefficient (Wildman–Crippen LogP) is -2.51.